The fraction of sp³-hybridized carbons (Fsp3) is 0.417. The molecule has 0 aliphatic carbocycles. The predicted octanol–water partition coefficient (Wildman–Crippen LogP) is 4.16. The Bertz CT molecular complexity index is 917. The van der Waals surface area contributed by atoms with Crippen LogP contribution in [0.3, 0.4) is 0 Å². The lowest BCUT2D eigenvalue weighted by Crippen LogP contribution is -2.38. The Morgan fingerprint density at radius 2 is 1.55 bits per heavy atom. The fourth-order valence-corrected chi connectivity index (χ4v) is 3.01. The molecule has 1 amide bonds. The number of nitrogens with one attached hydrogen (secondary N) is 1. The normalized spacial score (nSPS) is 12.8. The molecule has 166 valence electrons. The van der Waals surface area contributed by atoms with Crippen LogP contribution in [0.15, 0.2) is 36.4 Å². The summed E-state index contributed by atoms with van der Waals surface area (Å²) >= 11 is 0. The summed E-state index contributed by atoms with van der Waals surface area (Å²) in [7, 11) is 4.47. The van der Waals surface area contributed by atoms with E-state index in [1.807, 2.05) is 24.3 Å². The van der Waals surface area contributed by atoms with Gasteiger partial charge in [0.1, 0.15) is 11.8 Å². The Labute approximate surface area is 183 Å². The first-order valence-electron chi connectivity index (χ1n) is 9.91. The van der Waals surface area contributed by atoms with E-state index in [9.17, 15) is 10.1 Å². The molecule has 7 heteroatoms. The molecule has 2 atom stereocenters. The van der Waals surface area contributed by atoms with E-state index in [-0.39, 0.29) is 5.41 Å². The fourth-order valence-electron chi connectivity index (χ4n) is 3.01. The maximum Gasteiger partial charge on any atom is 0.262 e. The van der Waals surface area contributed by atoms with Crippen LogP contribution in [-0.4, -0.2) is 33.3 Å². The molecule has 7 nitrogen and oxygen atoms in total. The minimum atomic E-state index is -0.921. The second-order valence-corrected chi connectivity index (χ2v) is 8.06. The average molecular weight is 427 g/mol. The van der Waals surface area contributed by atoms with Gasteiger partial charge in [-0.15, -0.1) is 0 Å². The van der Waals surface area contributed by atoms with E-state index < -0.39 is 18.1 Å². The molecule has 0 saturated heterocycles. The van der Waals surface area contributed by atoms with Crippen molar-refractivity contribution in [1.29, 1.82) is 5.26 Å². The van der Waals surface area contributed by atoms with Gasteiger partial charge in [-0.25, -0.2) is 0 Å². The number of benzene rings is 2. The molecule has 0 saturated carbocycles. The van der Waals surface area contributed by atoms with Crippen LogP contribution in [0, 0.1) is 11.3 Å². The van der Waals surface area contributed by atoms with Crippen molar-refractivity contribution < 1.29 is 23.7 Å². The van der Waals surface area contributed by atoms with Crippen molar-refractivity contribution in [3.05, 3.63) is 47.5 Å². The molecule has 2 aromatic carbocycles. The molecule has 0 heterocycles. The molecule has 0 fully saturated rings. The van der Waals surface area contributed by atoms with E-state index in [0.717, 1.165) is 0 Å². The molecule has 0 aliphatic rings. The Balaban J connectivity index is 2.15. The lowest BCUT2D eigenvalue weighted by molar-refractivity contribution is -0.127. The van der Waals surface area contributed by atoms with Gasteiger partial charge in [0.2, 0.25) is 5.75 Å². The number of carbonyl (C=O) groups excluding carboxylic acids is 1. The predicted molar refractivity (Wildman–Crippen MR) is 118 cm³/mol. The lowest BCUT2D eigenvalue weighted by Gasteiger charge is -2.21. The molecular weight excluding hydrogens is 396 g/mol. The summed E-state index contributed by atoms with van der Waals surface area (Å²) in [5.74, 6) is 1.37. The number of hydrogen-bond acceptors (Lipinski definition) is 6. The highest BCUT2D eigenvalue weighted by Crippen LogP contribution is 2.39. The van der Waals surface area contributed by atoms with Crippen LogP contribution in [0.2, 0.25) is 0 Å². The Morgan fingerprint density at radius 1 is 1.00 bits per heavy atom. The number of nitriles is 1. The zero-order chi connectivity index (χ0) is 23.2. The summed E-state index contributed by atoms with van der Waals surface area (Å²) in [5.41, 5.74) is 1.71. The molecule has 2 rings (SSSR count). The highest BCUT2D eigenvalue weighted by Gasteiger charge is 2.23. The van der Waals surface area contributed by atoms with E-state index in [4.69, 9.17) is 18.9 Å². The summed E-state index contributed by atoms with van der Waals surface area (Å²) in [6.45, 7) is 8.02. The molecule has 0 spiro atoms. The summed E-state index contributed by atoms with van der Waals surface area (Å²) in [4.78, 5) is 12.7. The number of hydrogen-bond donors (Lipinski definition) is 1. The van der Waals surface area contributed by atoms with Crippen LogP contribution in [0.25, 0.3) is 0 Å². The number of carbonyl (C=O) groups is 1. The smallest absolute Gasteiger partial charge is 0.262 e. The maximum atomic E-state index is 12.7. The largest absolute Gasteiger partial charge is 0.493 e. The molecule has 0 radical (unpaired) electrons. The molecule has 0 aromatic heterocycles. The van der Waals surface area contributed by atoms with Crippen LogP contribution >= 0.6 is 0 Å². The van der Waals surface area contributed by atoms with Gasteiger partial charge in [-0.3, -0.25) is 4.79 Å². The molecule has 0 aliphatic heterocycles. The van der Waals surface area contributed by atoms with Gasteiger partial charge < -0.3 is 24.3 Å². The Hall–Kier alpha value is -3.40. The average Bonchev–Trinajstić information content (AvgIpc) is 2.75. The maximum absolute atomic E-state index is 12.7. The monoisotopic (exact) mass is 426 g/mol. The zero-order valence-electron chi connectivity index (χ0n) is 19.1. The summed E-state index contributed by atoms with van der Waals surface area (Å²) in [6, 6.07) is 12.1. The van der Waals surface area contributed by atoms with Crippen molar-refractivity contribution in [1.82, 2.24) is 5.32 Å². The van der Waals surface area contributed by atoms with E-state index in [0.29, 0.717) is 28.6 Å². The van der Waals surface area contributed by atoms with Gasteiger partial charge >= 0.3 is 0 Å². The van der Waals surface area contributed by atoms with E-state index in [1.165, 1.54) is 26.9 Å². The van der Waals surface area contributed by atoms with Gasteiger partial charge in [0.15, 0.2) is 17.6 Å². The molecule has 31 heavy (non-hydrogen) atoms. The van der Waals surface area contributed by atoms with Crippen LogP contribution in [0.5, 0.6) is 23.0 Å². The van der Waals surface area contributed by atoms with Crippen molar-refractivity contribution >= 4 is 5.91 Å². The first-order chi connectivity index (χ1) is 14.6. The number of methoxy groups -OCH3 is 3. The van der Waals surface area contributed by atoms with Crippen LogP contribution in [-0.2, 0) is 10.2 Å². The van der Waals surface area contributed by atoms with Gasteiger partial charge in [0.25, 0.3) is 5.91 Å². The lowest BCUT2D eigenvalue weighted by atomic mass is 9.87. The van der Waals surface area contributed by atoms with Crippen molar-refractivity contribution in [2.24, 2.45) is 0 Å². The van der Waals surface area contributed by atoms with Crippen molar-refractivity contribution in [2.75, 3.05) is 21.3 Å². The Kier molecular flexibility index (Phi) is 7.76. The first kappa shape index (κ1) is 23.9. The number of rotatable bonds is 8. The van der Waals surface area contributed by atoms with Crippen LogP contribution in [0.1, 0.15) is 44.9 Å². The molecule has 0 bridgehead atoms. The molecular formula is C24H30N2O5. The van der Waals surface area contributed by atoms with Crippen molar-refractivity contribution in [3.63, 3.8) is 0 Å². The van der Waals surface area contributed by atoms with Gasteiger partial charge in [-0.2, -0.15) is 5.26 Å². The highest BCUT2D eigenvalue weighted by atomic mass is 16.5. The van der Waals surface area contributed by atoms with Gasteiger partial charge in [-0.1, -0.05) is 32.9 Å². The third-order valence-electron chi connectivity index (χ3n) is 4.84. The second kappa shape index (κ2) is 10.1. The van der Waals surface area contributed by atoms with Gasteiger partial charge in [-0.05, 0) is 47.7 Å². The number of nitrogens with zero attached hydrogens (tertiary/aromatic N) is 1. The quantitative estimate of drug-likeness (QED) is 0.682. The molecule has 2 unspecified atom stereocenters. The standard InChI is InChI=1S/C24H30N2O5/c1-15(31-18-10-8-17(9-11-18)24(2,3)4)23(27)26-19(14-25)16-12-20(28-5)22(30-7)21(13-16)29-6/h8-13,15,19H,1-7H3,(H,26,27). The summed E-state index contributed by atoms with van der Waals surface area (Å²) in [6.07, 6.45) is -0.793. The SMILES string of the molecule is COc1cc(C(C#N)NC(=O)C(C)Oc2ccc(C(C)(C)C)cc2)cc(OC)c1OC. The topological polar surface area (TPSA) is 89.8 Å². The van der Waals surface area contributed by atoms with Crippen molar-refractivity contribution in [2.45, 2.75) is 45.3 Å². The van der Waals surface area contributed by atoms with Gasteiger partial charge in [0.05, 0.1) is 27.4 Å². The van der Waals surface area contributed by atoms with E-state index >= 15 is 0 Å². The first-order valence-corrected chi connectivity index (χ1v) is 9.91. The van der Waals surface area contributed by atoms with E-state index in [2.05, 4.69) is 32.2 Å². The third kappa shape index (κ3) is 5.82. The molecule has 2 aromatic rings. The van der Waals surface area contributed by atoms with Crippen LogP contribution < -0.4 is 24.3 Å². The second-order valence-electron chi connectivity index (χ2n) is 8.06. The minimum absolute atomic E-state index is 0.0298. The Morgan fingerprint density at radius 3 is 1.97 bits per heavy atom. The number of ether oxygens (including phenoxy) is 4. The highest BCUT2D eigenvalue weighted by molar-refractivity contribution is 5.81. The third-order valence-corrected chi connectivity index (χ3v) is 4.84. The summed E-state index contributed by atoms with van der Waals surface area (Å²) in [5, 5.41) is 12.3. The van der Waals surface area contributed by atoms with E-state index in [1.54, 1.807) is 19.1 Å². The van der Waals surface area contributed by atoms with Crippen LogP contribution in [0.4, 0.5) is 0 Å². The minimum Gasteiger partial charge on any atom is -0.493 e. The van der Waals surface area contributed by atoms with Crippen molar-refractivity contribution in [3.8, 4) is 29.1 Å². The summed E-state index contributed by atoms with van der Waals surface area (Å²) < 4.78 is 21.7. The number of amides is 1. The van der Waals surface area contributed by atoms with Gasteiger partial charge in [0, 0.05) is 0 Å². The molecule has 1 N–H and O–H groups in total. The zero-order valence-corrected chi connectivity index (χ0v) is 19.1.